The van der Waals surface area contributed by atoms with Gasteiger partial charge in [0.1, 0.15) is 17.6 Å². The Labute approximate surface area is 243 Å². The highest BCUT2D eigenvalue weighted by Crippen LogP contribution is 2.36. The summed E-state index contributed by atoms with van der Waals surface area (Å²) in [5.74, 6) is 1.41. The molecule has 206 valence electrons. The second-order valence-corrected chi connectivity index (χ2v) is 10.6. The lowest BCUT2D eigenvalue weighted by atomic mass is 10.0. The number of furan rings is 1. The monoisotopic (exact) mass is 598 g/mol. The maximum absolute atomic E-state index is 13.8. The minimum Gasteiger partial charge on any atom is -0.493 e. The number of halogens is 2. The quantitative estimate of drug-likeness (QED) is 0.265. The molecule has 40 heavy (non-hydrogen) atoms. The third-order valence-electron chi connectivity index (χ3n) is 6.32. The van der Waals surface area contributed by atoms with Gasteiger partial charge in [0.15, 0.2) is 16.3 Å². The van der Waals surface area contributed by atoms with Crippen molar-refractivity contribution in [2.75, 3.05) is 20.8 Å². The van der Waals surface area contributed by atoms with Crippen LogP contribution >= 0.6 is 34.5 Å². The zero-order chi connectivity index (χ0) is 28.6. The molecule has 1 aliphatic rings. The number of rotatable bonds is 7. The number of thiazole rings is 1. The van der Waals surface area contributed by atoms with Crippen LogP contribution < -0.4 is 24.4 Å². The van der Waals surface area contributed by atoms with Crippen LogP contribution in [-0.4, -0.2) is 31.4 Å². The van der Waals surface area contributed by atoms with Crippen molar-refractivity contribution < 1.29 is 23.4 Å². The van der Waals surface area contributed by atoms with Gasteiger partial charge in [-0.3, -0.25) is 9.36 Å². The zero-order valence-electron chi connectivity index (χ0n) is 22.0. The van der Waals surface area contributed by atoms with Crippen molar-refractivity contribution in [2.45, 2.75) is 19.9 Å². The van der Waals surface area contributed by atoms with Crippen LogP contribution in [0.2, 0.25) is 10.0 Å². The number of ether oxygens (including phenoxy) is 3. The highest BCUT2D eigenvalue weighted by Gasteiger charge is 2.35. The van der Waals surface area contributed by atoms with Gasteiger partial charge in [0.05, 0.1) is 46.7 Å². The highest BCUT2D eigenvalue weighted by molar-refractivity contribution is 7.07. The summed E-state index contributed by atoms with van der Waals surface area (Å²) in [6.45, 7) is 3.60. The second-order valence-electron chi connectivity index (χ2n) is 8.75. The molecule has 5 rings (SSSR count). The van der Waals surface area contributed by atoms with Gasteiger partial charge in [-0.1, -0.05) is 40.6 Å². The number of allylic oxidation sites excluding steroid dienone is 1. The molecule has 1 atom stereocenters. The summed E-state index contributed by atoms with van der Waals surface area (Å²) in [5.41, 5.74) is 1.77. The number of methoxy groups -OCH3 is 2. The van der Waals surface area contributed by atoms with Gasteiger partial charge in [-0.05, 0) is 68.0 Å². The van der Waals surface area contributed by atoms with Gasteiger partial charge < -0.3 is 18.6 Å². The Morgan fingerprint density at radius 3 is 2.55 bits per heavy atom. The first kappa shape index (κ1) is 27.8. The maximum atomic E-state index is 13.8. The SMILES string of the molecule is CCOC(=O)C1=C(C)N=c2s/c(=C\c3ccc(OC)c(OC)c3)c(=O)n2[C@@H]1c1ccc(-c2ccc(Cl)c(Cl)c2)o1. The molecule has 0 aliphatic carbocycles. The van der Waals surface area contributed by atoms with E-state index in [0.29, 0.717) is 53.7 Å². The van der Waals surface area contributed by atoms with Crippen molar-refractivity contribution in [3.8, 4) is 22.8 Å². The van der Waals surface area contributed by atoms with E-state index in [0.717, 1.165) is 5.56 Å². The molecule has 0 amide bonds. The second kappa shape index (κ2) is 11.4. The first-order chi connectivity index (χ1) is 19.2. The predicted molar refractivity (Wildman–Crippen MR) is 154 cm³/mol. The molecular formula is C29H24Cl2N2O6S. The molecule has 0 bridgehead atoms. The number of hydrogen-bond acceptors (Lipinski definition) is 8. The van der Waals surface area contributed by atoms with Crippen molar-refractivity contribution in [1.82, 2.24) is 4.57 Å². The average molecular weight is 599 g/mol. The Kier molecular flexibility index (Phi) is 7.89. The molecule has 8 nitrogen and oxygen atoms in total. The number of benzene rings is 2. The number of esters is 1. The lowest BCUT2D eigenvalue weighted by molar-refractivity contribution is -0.139. The predicted octanol–water partition coefficient (Wildman–Crippen LogP) is 5.38. The zero-order valence-corrected chi connectivity index (χ0v) is 24.3. The summed E-state index contributed by atoms with van der Waals surface area (Å²) in [5, 5.41) is 0.796. The lowest BCUT2D eigenvalue weighted by Gasteiger charge is -2.22. The molecule has 0 unspecified atom stereocenters. The number of hydrogen-bond donors (Lipinski definition) is 0. The van der Waals surface area contributed by atoms with Crippen molar-refractivity contribution in [3.63, 3.8) is 0 Å². The van der Waals surface area contributed by atoms with Crippen LogP contribution in [0.4, 0.5) is 0 Å². The standard InChI is InChI=1S/C29H24Cl2N2O6S/c1-5-38-28(35)25-15(2)32-29-33(26(25)22-11-10-20(39-22)17-7-8-18(30)19(31)14-17)27(34)24(40-29)13-16-6-9-21(36-3)23(12-16)37-4/h6-14,26H,5H2,1-4H3/b24-13-/t26-/m1/s1. The van der Waals surface area contributed by atoms with Gasteiger partial charge in [0.2, 0.25) is 0 Å². The topological polar surface area (TPSA) is 92.3 Å². The van der Waals surface area contributed by atoms with Gasteiger partial charge in [0, 0.05) is 5.56 Å². The van der Waals surface area contributed by atoms with Crippen molar-refractivity contribution in [3.05, 3.63) is 101 Å². The summed E-state index contributed by atoms with van der Waals surface area (Å²) < 4.78 is 24.2. The van der Waals surface area contributed by atoms with Crippen LogP contribution in [0.3, 0.4) is 0 Å². The number of carbonyl (C=O) groups is 1. The third kappa shape index (κ3) is 5.08. The van der Waals surface area contributed by atoms with Crippen LogP contribution in [0.1, 0.15) is 31.2 Å². The van der Waals surface area contributed by atoms with Gasteiger partial charge >= 0.3 is 5.97 Å². The largest absolute Gasteiger partial charge is 0.493 e. The van der Waals surface area contributed by atoms with E-state index in [-0.39, 0.29) is 17.7 Å². The normalized spacial score (nSPS) is 15.1. The molecule has 0 spiro atoms. The van der Waals surface area contributed by atoms with Crippen molar-refractivity contribution in [1.29, 1.82) is 0 Å². The van der Waals surface area contributed by atoms with E-state index in [1.807, 2.05) is 6.07 Å². The minimum atomic E-state index is -0.889. The van der Waals surface area contributed by atoms with Gasteiger partial charge in [-0.2, -0.15) is 0 Å². The Morgan fingerprint density at radius 1 is 1.07 bits per heavy atom. The van der Waals surface area contributed by atoms with E-state index in [9.17, 15) is 9.59 Å². The minimum absolute atomic E-state index is 0.165. The summed E-state index contributed by atoms with van der Waals surface area (Å²) in [6, 6.07) is 13.1. The Hall–Kier alpha value is -3.79. The smallest absolute Gasteiger partial charge is 0.338 e. The van der Waals surface area contributed by atoms with Gasteiger partial charge in [-0.25, -0.2) is 9.79 Å². The Balaban J connectivity index is 1.67. The van der Waals surface area contributed by atoms with E-state index in [1.54, 1.807) is 76.6 Å². The molecule has 2 aromatic heterocycles. The van der Waals surface area contributed by atoms with Gasteiger partial charge in [0.25, 0.3) is 5.56 Å². The molecular weight excluding hydrogens is 575 g/mol. The molecule has 4 aromatic rings. The molecule has 0 fully saturated rings. The first-order valence-corrected chi connectivity index (χ1v) is 13.8. The fourth-order valence-corrected chi connectivity index (χ4v) is 5.80. The number of fused-ring (bicyclic) bond motifs is 1. The van der Waals surface area contributed by atoms with Crippen LogP contribution in [0.25, 0.3) is 17.4 Å². The van der Waals surface area contributed by atoms with Crippen LogP contribution in [-0.2, 0) is 9.53 Å². The maximum Gasteiger partial charge on any atom is 0.338 e. The number of nitrogens with zero attached hydrogens (tertiary/aromatic N) is 2. The summed E-state index contributed by atoms with van der Waals surface area (Å²) in [6.07, 6.45) is 1.75. The molecule has 0 saturated carbocycles. The fourth-order valence-electron chi connectivity index (χ4n) is 4.46. The third-order valence-corrected chi connectivity index (χ3v) is 8.04. The van der Waals surface area contributed by atoms with Crippen molar-refractivity contribution in [2.24, 2.45) is 4.99 Å². The molecule has 0 saturated heterocycles. The highest BCUT2D eigenvalue weighted by atomic mass is 35.5. The van der Waals surface area contributed by atoms with Crippen LogP contribution in [0.5, 0.6) is 11.5 Å². The Morgan fingerprint density at radius 2 is 1.85 bits per heavy atom. The first-order valence-electron chi connectivity index (χ1n) is 12.2. The summed E-state index contributed by atoms with van der Waals surface area (Å²) in [7, 11) is 3.10. The van der Waals surface area contributed by atoms with Crippen LogP contribution in [0, 0.1) is 0 Å². The summed E-state index contributed by atoms with van der Waals surface area (Å²) >= 11 is 13.5. The van der Waals surface area contributed by atoms with E-state index in [1.165, 1.54) is 15.9 Å². The van der Waals surface area contributed by atoms with E-state index in [2.05, 4.69) is 4.99 Å². The molecule has 11 heteroatoms. The average Bonchev–Trinajstić information content (AvgIpc) is 3.54. The fraction of sp³-hybridized carbons (Fsp3) is 0.207. The molecule has 1 aliphatic heterocycles. The lowest BCUT2D eigenvalue weighted by Crippen LogP contribution is -2.39. The van der Waals surface area contributed by atoms with Crippen molar-refractivity contribution >= 4 is 46.6 Å². The van der Waals surface area contributed by atoms with Gasteiger partial charge in [-0.15, -0.1) is 0 Å². The van der Waals surface area contributed by atoms with E-state index < -0.39 is 12.0 Å². The Bertz CT molecular complexity index is 1840. The molecule has 0 N–H and O–H groups in total. The van der Waals surface area contributed by atoms with E-state index in [4.69, 9.17) is 41.8 Å². The number of aromatic nitrogens is 1. The van der Waals surface area contributed by atoms with E-state index >= 15 is 0 Å². The molecule has 2 aromatic carbocycles. The molecule has 0 radical (unpaired) electrons. The summed E-state index contributed by atoms with van der Waals surface area (Å²) in [4.78, 5) is 32.0. The number of carbonyl (C=O) groups excluding carboxylic acids is 1. The van der Waals surface area contributed by atoms with Crippen LogP contribution in [0.15, 0.2) is 74.0 Å². The molecule has 3 heterocycles.